The molecule has 198 valence electrons. The molecule has 0 spiro atoms. The second kappa shape index (κ2) is 14.0. The van der Waals surface area contributed by atoms with Crippen molar-refractivity contribution in [3.63, 3.8) is 0 Å². The van der Waals surface area contributed by atoms with Gasteiger partial charge in [0.05, 0.1) is 23.9 Å². The second-order valence-electron chi connectivity index (χ2n) is 9.33. The topological polar surface area (TPSA) is 133 Å². The summed E-state index contributed by atoms with van der Waals surface area (Å²) in [6, 6.07) is 5.92. The minimum atomic E-state index is -0.856. The number of nitrogens with zero attached hydrogens (tertiary/aromatic N) is 1. The highest BCUT2D eigenvalue weighted by molar-refractivity contribution is 7.81. The zero-order valence-corrected chi connectivity index (χ0v) is 22.3. The van der Waals surface area contributed by atoms with Crippen LogP contribution in [-0.2, 0) is 25.5 Å². The number of likely N-dealkylation sites (N-methyl/N-ethyl adjacent to an activating group) is 1. The predicted molar refractivity (Wildman–Crippen MR) is 143 cm³/mol. The minimum absolute atomic E-state index is 0.189. The fraction of sp³-hybridized carbons (Fsp3) is 0.538. The van der Waals surface area contributed by atoms with Crippen LogP contribution in [0.3, 0.4) is 0 Å². The van der Waals surface area contributed by atoms with Gasteiger partial charge in [0.25, 0.3) is 0 Å². The van der Waals surface area contributed by atoms with E-state index in [-0.39, 0.29) is 42.5 Å². The summed E-state index contributed by atoms with van der Waals surface area (Å²) in [6.45, 7) is 4.02. The van der Waals surface area contributed by atoms with Gasteiger partial charge in [0.15, 0.2) is 0 Å². The Morgan fingerprint density at radius 2 is 1.81 bits per heavy atom. The molecule has 0 aliphatic carbocycles. The van der Waals surface area contributed by atoms with Crippen molar-refractivity contribution in [1.82, 2.24) is 15.2 Å². The lowest BCUT2D eigenvalue weighted by atomic mass is 10.0. The maximum Gasteiger partial charge on any atom is 0.305 e. The smallest absolute Gasteiger partial charge is 0.305 e. The van der Waals surface area contributed by atoms with E-state index >= 15 is 0 Å². The lowest BCUT2D eigenvalue weighted by Crippen LogP contribution is -2.49. The number of esters is 1. The molecule has 0 fully saturated rings. The Labute approximate surface area is 217 Å². The molecule has 9 nitrogen and oxygen atoms in total. The first-order chi connectivity index (χ1) is 17.1. The molecule has 1 unspecified atom stereocenters. The van der Waals surface area contributed by atoms with Gasteiger partial charge in [0, 0.05) is 31.5 Å². The monoisotopic (exact) mass is 518 g/mol. The number of hydrogen-bond acceptors (Lipinski definition) is 7. The van der Waals surface area contributed by atoms with E-state index in [1.807, 2.05) is 38.1 Å². The van der Waals surface area contributed by atoms with Gasteiger partial charge in [-0.1, -0.05) is 38.5 Å². The number of amides is 2. The number of thiol groups is 1. The number of nitrogens with two attached hydrogens (primary N) is 1. The summed E-state index contributed by atoms with van der Waals surface area (Å²) in [5.74, 6) is -0.961. The molecule has 0 bridgehead atoms. The van der Waals surface area contributed by atoms with Crippen molar-refractivity contribution in [3.05, 3.63) is 36.0 Å². The Morgan fingerprint density at radius 1 is 1.11 bits per heavy atom. The molecule has 3 atom stereocenters. The highest BCUT2D eigenvalue weighted by Crippen LogP contribution is 2.24. The first-order valence-corrected chi connectivity index (χ1v) is 12.8. The van der Waals surface area contributed by atoms with E-state index in [4.69, 9.17) is 5.73 Å². The summed E-state index contributed by atoms with van der Waals surface area (Å²) in [5.41, 5.74) is 7.62. The van der Waals surface area contributed by atoms with E-state index in [2.05, 4.69) is 28.0 Å². The SMILES string of the molecule is CNC(=O)[C@H](Cc1cn(C(=O)[C@@H](N)CC(C)C)c2ccccc12)NC(=O)C(S)CCCCC(=O)OC. The number of unbranched alkanes of at least 4 members (excludes halogenated alkanes) is 1. The van der Waals surface area contributed by atoms with Gasteiger partial charge >= 0.3 is 5.97 Å². The number of fused-ring (bicyclic) bond motifs is 1. The van der Waals surface area contributed by atoms with Crippen molar-refractivity contribution >= 4 is 47.2 Å². The van der Waals surface area contributed by atoms with E-state index in [0.29, 0.717) is 31.2 Å². The molecule has 0 aliphatic rings. The second-order valence-corrected chi connectivity index (χ2v) is 9.96. The Bertz CT molecular complexity index is 1070. The van der Waals surface area contributed by atoms with Crippen LogP contribution in [0.15, 0.2) is 30.5 Å². The van der Waals surface area contributed by atoms with Gasteiger partial charge in [-0.3, -0.25) is 23.7 Å². The van der Waals surface area contributed by atoms with Crippen LogP contribution >= 0.6 is 12.6 Å². The summed E-state index contributed by atoms with van der Waals surface area (Å²) in [6.07, 6.45) is 4.39. The van der Waals surface area contributed by atoms with Crippen LogP contribution in [0.5, 0.6) is 0 Å². The van der Waals surface area contributed by atoms with Crippen LogP contribution < -0.4 is 16.4 Å². The zero-order chi connectivity index (χ0) is 26.8. The van der Waals surface area contributed by atoms with Gasteiger partial charge in [-0.15, -0.1) is 0 Å². The molecule has 10 heteroatoms. The molecular weight excluding hydrogens is 480 g/mol. The summed E-state index contributed by atoms with van der Waals surface area (Å²) in [7, 11) is 2.84. The van der Waals surface area contributed by atoms with Crippen molar-refractivity contribution in [1.29, 1.82) is 0 Å². The number of para-hydroxylation sites is 1. The van der Waals surface area contributed by atoms with Crippen molar-refractivity contribution in [3.8, 4) is 0 Å². The first kappa shape index (κ1) is 29.4. The highest BCUT2D eigenvalue weighted by Gasteiger charge is 2.26. The van der Waals surface area contributed by atoms with Crippen molar-refractivity contribution < 1.29 is 23.9 Å². The van der Waals surface area contributed by atoms with Crippen LogP contribution in [0, 0.1) is 5.92 Å². The number of methoxy groups -OCH3 is 1. The number of ether oxygens (including phenoxy) is 1. The van der Waals surface area contributed by atoms with E-state index < -0.39 is 17.3 Å². The zero-order valence-electron chi connectivity index (χ0n) is 21.5. The Balaban J connectivity index is 2.18. The number of benzene rings is 1. The summed E-state index contributed by atoms with van der Waals surface area (Å²) in [4.78, 5) is 49.8. The summed E-state index contributed by atoms with van der Waals surface area (Å²) < 4.78 is 6.16. The number of nitrogens with one attached hydrogen (secondary N) is 2. The van der Waals surface area contributed by atoms with Gasteiger partial charge in [-0.2, -0.15) is 12.6 Å². The molecule has 1 heterocycles. The third-order valence-electron chi connectivity index (χ3n) is 6.02. The van der Waals surface area contributed by atoms with Gasteiger partial charge in [-0.25, -0.2) is 0 Å². The quantitative estimate of drug-likeness (QED) is 0.183. The van der Waals surface area contributed by atoms with E-state index in [9.17, 15) is 19.2 Å². The molecule has 4 N–H and O–H groups in total. The van der Waals surface area contributed by atoms with E-state index in [0.717, 1.165) is 10.9 Å². The third-order valence-corrected chi connectivity index (χ3v) is 6.51. The lowest BCUT2D eigenvalue weighted by molar-refractivity contribution is -0.140. The molecule has 1 aromatic heterocycles. The van der Waals surface area contributed by atoms with E-state index in [1.165, 1.54) is 14.2 Å². The normalized spacial score (nSPS) is 13.8. The third kappa shape index (κ3) is 8.09. The summed E-state index contributed by atoms with van der Waals surface area (Å²) in [5, 5.41) is 5.57. The van der Waals surface area contributed by atoms with Gasteiger partial charge < -0.3 is 21.1 Å². The maximum absolute atomic E-state index is 13.1. The maximum atomic E-state index is 13.1. The molecule has 36 heavy (non-hydrogen) atoms. The predicted octanol–water partition coefficient (Wildman–Crippen LogP) is 2.46. The molecule has 0 saturated carbocycles. The Hall–Kier alpha value is -2.85. The minimum Gasteiger partial charge on any atom is -0.469 e. The average molecular weight is 519 g/mol. The highest BCUT2D eigenvalue weighted by atomic mass is 32.1. The molecule has 2 amide bonds. The molecule has 2 aromatic rings. The average Bonchev–Trinajstić information content (AvgIpc) is 3.22. The van der Waals surface area contributed by atoms with Crippen LogP contribution in [0.2, 0.25) is 0 Å². The van der Waals surface area contributed by atoms with Crippen molar-refractivity contribution in [2.45, 2.75) is 69.7 Å². The number of hydrogen-bond donors (Lipinski definition) is 4. The number of carbonyl (C=O) groups excluding carboxylic acids is 4. The number of rotatable bonds is 13. The molecule has 0 saturated heterocycles. The van der Waals surface area contributed by atoms with Gasteiger partial charge in [0.2, 0.25) is 17.7 Å². The first-order valence-electron chi connectivity index (χ1n) is 12.2. The standard InChI is InChI=1S/C26H38N4O5S/c1-16(2)13-19(27)26(34)30-15-17(18-9-5-6-10-21(18)30)14-20(24(32)28-3)29-25(33)22(36)11-7-8-12-23(31)35-4/h5-6,9-10,15-16,19-20,22,36H,7-8,11-14,27H2,1-4H3,(H,28,32)(H,29,33)/t19-,20-,22?/m0/s1. The van der Waals surface area contributed by atoms with Gasteiger partial charge in [0.1, 0.15) is 6.04 Å². The number of carbonyl (C=O) groups is 4. The lowest BCUT2D eigenvalue weighted by Gasteiger charge is -2.19. The van der Waals surface area contributed by atoms with Crippen LogP contribution in [0.4, 0.5) is 0 Å². The van der Waals surface area contributed by atoms with Crippen LogP contribution in [0.25, 0.3) is 10.9 Å². The van der Waals surface area contributed by atoms with E-state index in [1.54, 1.807) is 10.8 Å². The fourth-order valence-electron chi connectivity index (χ4n) is 4.09. The van der Waals surface area contributed by atoms with Crippen molar-refractivity contribution in [2.75, 3.05) is 14.2 Å². The molecule has 0 aliphatic heterocycles. The Morgan fingerprint density at radius 3 is 2.44 bits per heavy atom. The fourth-order valence-corrected chi connectivity index (χ4v) is 4.35. The molecule has 0 radical (unpaired) electrons. The largest absolute Gasteiger partial charge is 0.469 e. The number of aromatic nitrogens is 1. The summed E-state index contributed by atoms with van der Waals surface area (Å²) >= 11 is 4.39. The van der Waals surface area contributed by atoms with Crippen LogP contribution in [-0.4, -0.2) is 59.7 Å². The Kier molecular flexibility index (Phi) is 11.5. The van der Waals surface area contributed by atoms with Crippen molar-refractivity contribution in [2.24, 2.45) is 11.7 Å². The molecular formula is C26H38N4O5S. The van der Waals surface area contributed by atoms with Gasteiger partial charge in [-0.05, 0) is 36.8 Å². The van der Waals surface area contributed by atoms with Crippen LogP contribution in [0.1, 0.15) is 56.3 Å². The molecule has 1 aromatic carbocycles. The molecule has 2 rings (SSSR count).